The maximum Gasteiger partial charge on any atom is 0.416 e. The van der Waals surface area contributed by atoms with Crippen LogP contribution in [0.1, 0.15) is 36.8 Å². The third-order valence-corrected chi connectivity index (χ3v) is 4.06. The summed E-state index contributed by atoms with van der Waals surface area (Å²) in [7, 11) is 1.89. The van der Waals surface area contributed by atoms with E-state index in [1.165, 1.54) is 6.07 Å². The average molecular weight is 302 g/mol. The van der Waals surface area contributed by atoms with Crippen LogP contribution in [0.3, 0.4) is 0 Å². The molecule has 0 aliphatic heterocycles. The van der Waals surface area contributed by atoms with Gasteiger partial charge in [0, 0.05) is 24.3 Å². The maximum atomic E-state index is 12.8. The van der Waals surface area contributed by atoms with E-state index in [2.05, 4.69) is 0 Å². The van der Waals surface area contributed by atoms with Crippen LogP contribution < -0.4 is 10.6 Å². The number of hydrogen-bond acceptors (Lipinski definition) is 2. The highest BCUT2D eigenvalue weighted by Crippen LogP contribution is 2.34. The van der Waals surface area contributed by atoms with Crippen molar-refractivity contribution in [2.24, 2.45) is 5.73 Å². The Labute approximate surface area is 121 Å². The highest BCUT2D eigenvalue weighted by Gasteiger charge is 2.32. The van der Waals surface area contributed by atoms with Crippen LogP contribution in [0.5, 0.6) is 0 Å². The van der Waals surface area contributed by atoms with Gasteiger partial charge in [0.25, 0.3) is 0 Å². The molecule has 1 fully saturated rings. The molecule has 2 N–H and O–H groups in total. The van der Waals surface area contributed by atoms with Gasteiger partial charge in [0.05, 0.1) is 5.56 Å². The lowest BCUT2D eigenvalue weighted by Crippen LogP contribution is -2.31. The highest BCUT2D eigenvalue weighted by atomic mass is 32.1. The Morgan fingerprint density at radius 3 is 2.40 bits per heavy atom. The van der Waals surface area contributed by atoms with E-state index in [-0.39, 0.29) is 4.99 Å². The van der Waals surface area contributed by atoms with Crippen molar-refractivity contribution in [2.45, 2.75) is 37.9 Å². The molecule has 110 valence electrons. The largest absolute Gasteiger partial charge is 0.416 e. The molecule has 0 aromatic heterocycles. The number of halogens is 3. The van der Waals surface area contributed by atoms with Crippen LogP contribution in [0.15, 0.2) is 18.2 Å². The molecule has 2 nitrogen and oxygen atoms in total. The van der Waals surface area contributed by atoms with Gasteiger partial charge in [-0.3, -0.25) is 0 Å². The topological polar surface area (TPSA) is 29.3 Å². The number of rotatable bonds is 3. The molecule has 0 spiro atoms. The Hall–Kier alpha value is -1.30. The predicted octanol–water partition coefficient (Wildman–Crippen LogP) is 3.72. The molecular weight excluding hydrogens is 285 g/mol. The summed E-state index contributed by atoms with van der Waals surface area (Å²) in [4.78, 5) is 2.00. The summed E-state index contributed by atoms with van der Waals surface area (Å²) in [5.74, 6) is 0. The molecule has 0 saturated heterocycles. The van der Waals surface area contributed by atoms with E-state index in [0.29, 0.717) is 17.3 Å². The fourth-order valence-electron chi connectivity index (χ4n) is 2.71. The number of alkyl halides is 3. The van der Waals surface area contributed by atoms with Crippen molar-refractivity contribution in [3.8, 4) is 0 Å². The van der Waals surface area contributed by atoms with Crippen LogP contribution >= 0.6 is 12.2 Å². The van der Waals surface area contributed by atoms with Gasteiger partial charge in [0.15, 0.2) is 0 Å². The molecule has 2 rings (SSSR count). The fraction of sp³-hybridized carbons (Fsp3) is 0.500. The molecular formula is C14H17F3N2S. The number of nitrogens with zero attached hydrogens (tertiary/aromatic N) is 1. The SMILES string of the molecule is CN(c1ccc(C(F)(F)F)cc1C(N)=S)C1CCCC1. The van der Waals surface area contributed by atoms with Crippen molar-refractivity contribution in [2.75, 3.05) is 11.9 Å². The summed E-state index contributed by atoms with van der Waals surface area (Å²) in [6, 6.07) is 3.95. The molecule has 0 radical (unpaired) electrons. The quantitative estimate of drug-likeness (QED) is 0.863. The van der Waals surface area contributed by atoms with Gasteiger partial charge in [0.2, 0.25) is 0 Å². The summed E-state index contributed by atoms with van der Waals surface area (Å²) < 4.78 is 38.3. The molecule has 6 heteroatoms. The van der Waals surface area contributed by atoms with Gasteiger partial charge in [-0.05, 0) is 31.0 Å². The van der Waals surface area contributed by atoms with Crippen molar-refractivity contribution in [3.05, 3.63) is 29.3 Å². The lowest BCUT2D eigenvalue weighted by atomic mass is 10.1. The predicted molar refractivity (Wildman–Crippen MR) is 78.0 cm³/mol. The zero-order valence-corrected chi connectivity index (χ0v) is 12.0. The van der Waals surface area contributed by atoms with Crippen molar-refractivity contribution in [1.82, 2.24) is 0 Å². The normalized spacial score (nSPS) is 16.4. The Morgan fingerprint density at radius 2 is 1.90 bits per heavy atom. The molecule has 20 heavy (non-hydrogen) atoms. The van der Waals surface area contributed by atoms with Gasteiger partial charge >= 0.3 is 6.18 Å². The van der Waals surface area contributed by atoms with E-state index < -0.39 is 11.7 Å². The molecule has 0 bridgehead atoms. The van der Waals surface area contributed by atoms with E-state index in [9.17, 15) is 13.2 Å². The molecule has 1 aromatic carbocycles. The summed E-state index contributed by atoms with van der Waals surface area (Å²) in [5, 5.41) is 0. The molecule has 0 atom stereocenters. The van der Waals surface area contributed by atoms with Crippen LogP contribution in [0.2, 0.25) is 0 Å². The van der Waals surface area contributed by atoms with Crippen LogP contribution in [0, 0.1) is 0 Å². The third kappa shape index (κ3) is 3.06. The summed E-state index contributed by atoms with van der Waals surface area (Å²) in [6.45, 7) is 0. The second-order valence-electron chi connectivity index (χ2n) is 5.14. The van der Waals surface area contributed by atoms with E-state index in [1.807, 2.05) is 11.9 Å². The Morgan fingerprint density at radius 1 is 1.30 bits per heavy atom. The second kappa shape index (κ2) is 5.60. The third-order valence-electron chi connectivity index (χ3n) is 3.84. The van der Waals surface area contributed by atoms with Gasteiger partial charge < -0.3 is 10.6 Å². The number of anilines is 1. The van der Waals surface area contributed by atoms with E-state index >= 15 is 0 Å². The first-order chi connectivity index (χ1) is 9.30. The van der Waals surface area contributed by atoms with E-state index in [0.717, 1.165) is 37.8 Å². The lowest BCUT2D eigenvalue weighted by Gasteiger charge is -2.29. The van der Waals surface area contributed by atoms with Gasteiger partial charge in [-0.1, -0.05) is 25.1 Å². The zero-order chi connectivity index (χ0) is 14.9. The van der Waals surface area contributed by atoms with Gasteiger partial charge in [-0.15, -0.1) is 0 Å². The summed E-state index contributed by atoms with van der Waals surface area (Å²) >= 11 is 4.91. The number of benzene rings is 1. The minimum absolute atomic E-state index is 0.00375. The maximum absolute atomic E-state index is 12.8. The fourth-order valence-corrected chi connectivity index (χ4v) is 2.87. The molecule has 1 aromatic rings. The molecule has 1 aliphatic carbocycles. The summed E-state index contributed by atoms with van der Waals surface area (Å²) in [5.41, 5.74) is 5.86. The monoisotopic (exact) mass is 302 g/mol. The standard InChI is InChI=1S/C14H17F3N2S/c1-19(10-4-2-3-5-10)12-7-6-9(14(15,16)17)8-11(12)13(18)20/h6-8,10H,2-5H2,1H3,(H2,18,20). The first-order valence-electron chi connectivity index (χ1n) is 6.54. The van der Waals surface area contributed by atoms with Crippen molar-refractivity contribution in [1.29, 1.82) is 0 Å². The van der Waals surface area contributed by atoms with Crippen LogP contribution in [0.25, 0.3) is 0 Å². The van der Waals surface area contributed by atoms with Crippen LogP contribution in [-0.4, -0.2) is 18.1 Å². The number of hydrogen-bond donors (Lipinski definition) is 1. The highest BCUT2D eigenvalue weighted by molar-refractivity contribution is 7.80. The lowest BCUT2D eigenvalue weighted by molar-refractivity contribution is -0.137. The van der Waals surface area contributed by atoms with Gasteiger partial charge in [0.1, 0.15) is 4.99 Å². The first-order valence-corrected chi connectivity index (χ1v) is 6.95. The summed E-state index contributed by atoms with van der Waals surface area (Å²) in [6.07, 6.45) is 0.0165. The van der Waals surface area contributed by atoms with E-state index in [1.54, 1.807) is 0 Å². The van der Waals surface area contributed by atoms with Crippen molar-refractivity contribution in [3.63, 3.8) is 0 Å². The van der Waals surface area contributed by atoms with Crippen molar-refractivity contribution >= 4 is 22.9 Å². The van der Waals surface area contributed by atoms with Gasteiger partial charge in [-0.2, -0.15) is 13.2 Å². The van der Waals surface area contributed by atoms with Crippen LogP contribution in [0.4, 0.5) is 18.9 Å². The smallest absolute Gasteiger partial charge is 0.389 e. The van der Waals surface area contributed by atoms with Gasteiger partial charge in [-0.25, -0.2) is 0 Å². The minimum atomic E-state index is -4.38. The molecule has 1 saturated carbocycles. The molecule has 0 amide bonds. The minimum Gasteiger partial charge on any atom is -0.389 e. The first kappa shape index (κ1) is 15.1. The zero-order valence-electron chi connectivity index (χ0n) is 11.2. The Bertz CT molecular complexity index is 508. The average Bonchev–Trinajstić information content (AvgIpc) is 2.89. The van der Waals surface area contributed by atoms with Crippen LogP contribution in [-0.2, 0) is 6.18 Å². The molecule has 1 aliphatic rings. The van der Waals surface area contributed by atoms with E-state index in [4.69, 9.17) is 18.0 Å². The molecule has 0 unspecified atom stereocenters. The molecule has 0 heterocycles. The number of thiocarbonyl (C=S) groups is 1. The Balaban J connectivity index is 2.39. The van der Waals surface area contributed by atoms with Crippen molar-refractivity contribution < 1.29 is 13.2 Å². The number of nitrogens with two attached hydrogens (primary N) is 1. The second-order valence-corrected chi connectivity index (χ2v) is 5.58. The Kier molecular flexibility index (Phi) is 4.22.